The van der Waals surface area contributed by atoms with Gasteiger partial charge >= 0.3 is 6.18 Å². The number of nitrogens with zero attached hydrogens (tertiary/aromatic N) is 4. The SMILES string of the molecule is CC1C(Oc2ccc(C(F)(F)F)cn2)CCCN1C(=O)c1cccc(F)c1-c1ncccn1. The first kappa shape index (κ1) is 22.6. The molecule has 0 N–H and O–H groups in total. The molecule has 0 saturated carbocycles. The lowest BCUT2D eigenvalue weighted by molar-refractivity contribution is -0.137. The number of alkyl halides is 3. The first-order valence-electron chi connectivity index (χ1n) is 10.3. The minimum absolute atomic E-state index is 0.0164. The Kier molecular flexibility index (Phi) is 6.26. The Morgan fingerprint density at radius 1 is 1.09 bits per heavy atom. The summed E-state index contributed by atoms with van der Waals surface area (Å²) < 4.78 is 58.8. The highest BCUT2D eigenvalue weighted by molar-refractivity contribution is 6.00. The number of amides is 1. The third-order valence-corrected chi connectivity index (χ3v) is 5.55. The fourth-order valence-corrected chi connectivity index (χ4v) is 3.84. The molecule has 1 fully saturated rings. The maximum absolute atomic E-state index is 14.7. The van der Waals surface area contributed by atoms with Crippen LogP contribution >= 0.6 is 0 Å². The number of likely N-dealkylation sites (tertiary alicyclic amines) is 1. The molecule has 3 aromatic rings. The first-order valence-corrected chi connectivity index (χ1v) is 10.3. The minimum atomic E-state index is -4.49. The van der Waals surface area contributed by atoms with Gasteiger partial charge in [0.15, 0.2) is 5.82 Å². The first-order chi connectivity index (χ1) is 15.8. The van der Waals surface area contributed by atoms with E-state index in [2.05, 4.69) is 15.0 Å². The molecule has 1 amide bonds. The van der Waals surface area contributed by atoms with Crippen LogP contribution in [0.3, 0.4) is 0 Å². The fraction of sp³-hybridized carbons (Fsp3) is 0.304. The Labute approximate surface area is 187 Å². The molecule has 0 spiro atoms. The van der Waals surface area contributed by atoms with Gasteiger partial charge in [-0.1, -0.05) is 6.07 Å². The molecular formula is C23H20F4N4O2. The van der Waals surface area contributed by atoms with Crippen LogP contribution in [0.5, 0.6) is 5.88 Å². The van der Waals surface area contributed by atoms with E-state index in [4.69, 9.17) is 4.74 Å². The van der Waals surface area contributed by atoms with Gasteiger partial charge in [0.25, 0.3) is 5.91 Å². The predicted molar refractivity (Wildman–Crippen MR) is 111 cm³/mol. The summed E-state index contributed by atoms with van der Waals surface area (Å²) in [4.78, 5) is 26.9. The topological polar surface area (TPSA) is 68.2 Å². The minimum Gasteiger partial charge on any atom is -0.472 e. The van der Waals surface area contributed by atoms with Crippen LogP contribution in [0, 0.1) is 5.82 Å². The number of ether oxygens (including phenoxy) is 1. The van der Waals surface area contributed by atoms with E-state index in [1.165, 1.54) is 30.6 Å². The fourth-order valence-electron chi connectivity index (χ4n) is 3.84. The van der Waals surface area contributed by atoms with Crippen LogP contribution in [-0.4, -0.2) is 44.4 Å². The zero-order valence-corrected chi connectivity index (χ0v) is 17.6. The number of piperidine rings is 1. The molecule has 6 nitrogen and oxygen atoms in total. The normalized spacial score (nSPS) is 18.8. The summed E-state index contributed by atoms with van der Waals surface area (Å²) in [6, 6.07) is 7.43. The average Bonchev–Trinajstić information content (AvgIpc) is 2.80. The molecule has 2 unspecified atom stereocenters. The Bertz CT molecular complexity index is 1120. The molecule has 2 aromatic heterocycles. The summed E-state index contributed by atoms with van der Waals surface area (Å²) in [5.41, 5.74) is -0.728. The molecule has 3 heterocycles. The molecule has 1 saturated heterocycles. The van der Waals surface area contributed by atoms with Crippen molar-refractivity contribution in [2.75, 3.05) is 6.54 Å². The van der Waals surface area contributed by atoms with Gasteiger partial charge in [0, 0.05) is 31.2 Å². The van der Waals surface area contributed by atoms with E-state index in [-0.39, 0.29) is 22.8 Å². The van der Waals surface area contributed by atoms with E-state index in [1.807, 2.05) is 0 Å². The number of carbonyl (C=O) groups is 1. The maximum atomic E-state index is 14.7. The highest BCUT2D eigenvalue weighted by atomic mass is 19.4. The summed E-state index contributed by atoms with van der Waals surface area (Å²) in [6.45, 7) is 2.20. The second-order valence-electron chi connectivity index (χ2n) is 7.66. The number of hydrogen-bond acceptors (Lipinski definition) is 5. The molecule has 0 aliphatic carbocycles. The molecule has 33 heavy (non-hydrogen) atoms. The van der Waals surface area contributed by atoms with Crippen LogP contribution in [0.4, 0.5) is 17.6 Å². The van der Waals surface area contributed by atoms with Gasteiger partial charge in [-0.2, -0.15) is 13.2 Å². The molecule has 0 bridgehead atoms. The Balaban J connectivity index is 1.56. The summed E-state index contributed by atoms with van der Waals surface area (Å²) in [6.07, 6.45) is -0.139. The van der Waals surface area contributed by atoms with Gasteiger partial charge in [-0.3, -0.25) is 4.79 Å². The van der Waals surface area contributed by atoms with Gasteiger partial charge in [0.05, 0.1) is 22.7 Å². The smallest absolute Gasteiger partial charge is 0.417 e. The van der Waals surface area contributed by atoms with E-state index in [0.29, 0.717) is 25.6 Å². The molecule has 0 radical (unpaired) electrons. The Morgan fingerprint density at radius 2 is 1.85 bits per heavy atom. The number of benzene rings is 1. The van der Waals surface area contributed by atoms with E-state index in [1.54, 1.807) is 17.9 Å². The zero-order valence-electron chi connectivity index (χ0n) is 17.6. The number of pyridine rings is 1. The Morgan fingerprint density at radius 3 is 2.52 bits per heavy atom. The highest BCUT2D eigenvalue weighted by Crippen LogP contribution is 2.31. The van der Waals surface area contributed by atoms with Crippen molar-refractivity contribution in [3.05, 3.63) is 71.9 Å². The molecule has 2 atom stereocenters. The van der Waals surface area contributed by atoms with E-state index in [9.17, 15) is 22.4 Å². The molecule has 10 heteroatoms. The summed E-state index contributed by atoms with van der Waals surface area (Å²) in [5.74, 6) is -0.875. The maximum Gasteiger partial charge on any atom is 0.417 e. The van der Waals surface area contributed by atoms with E-state index < -0.39 is 35.6 Å². The molecule has 4 rings (SSSR count). The molecule has 1 aliphatic heterocycles. The van der Waals surface area contributed by atoms with Gasteiger partial charge < -0.3 is 9.64 Å². The van der Waals surface area contributed by atoms with Gasteiger partial charge in [0.1, 0.15) is 11.9 Å². The average molecular weight is 460 g/mol. The second-order valence-corrected chi connectivity index (χ2v) is 7.66. The van der Waals surface area contributed by atoms with Gasteiger partial charge in [-0.25, -0.2) is 19.3 Å². The third kappa shape index (κ3) is 4.79. The number of rotatable bonds is 4. The number of halogens is 4. The van der Waals surface area contributed by atoms with Crippen molar-refractivity contribution in [3.63, 3.8) is 0 Å². The van der Waals surface area contributed by atoms with Crippen molar-refractivity contribution >= 4 is 5.91 Å². The van der Waals surface area contributed by atoms with Crippen molar-refractivity contribution in [3.8, 4) is 17.3 Å². The lowest BCUT2D eigenvalue weighted by Crippen LogP contribution is -2.51. The van der Waals surface area contributed by atoms with Crippen LogP contribution in [0.2, 0.25) is 0 Å². The summed E-state index contributed by atoms with van der Waals surface area (Å²) in [7, 11) is 0. The molecule has 1 aromatic carbocycles. The monoisotopic (exact) mass is 460 g/mol. The quantitative estimate of drug-likeness (QED) is 0.525. The van der Waals surface area contributed by atoms with Crippen LogP contribution in [0.25, 0.3) is 11.4 Å². The predicted octanol–water partition coefficient (Wildman–Crippen LogP) is 4.77. The third-order valence-electron chi connectivity index (χ3n) is 5.55. The van der Waals surface area contributed by atoms with Gasteiger partial charge in [0.2, 0.25) is 5.88 Å². The summed E-state index contributed by atoms with van der Waals surface area (Å²) in [5, 5.41) is 0. The number of carbonyl (C=O) groups excluding carboxylic acids is 1. The molecule has 1 aliphatic rings. The summed E-state index contributed by atoms with van der Waals surface area (Å²) >= 11 is 0. The van der Waals surface area contributed by atoms with Gasteiger partial charge in [-0.05, 0) is 44.0 Å². The highest BCUT2D eigenvalue weighted by Gasteiger charge is 2.35. The molecular weight excluding hydrogens is 440 g/mol. The Hall–Kier alpha value is -3.56. The van der Waals surface area contributed by atoms with Crippen molar-refractivity contribution < 1.29 is 27.1 Å². The van der Waals surface area contributed by atoms with Crippen LogP contribution in [0.15, 0.2) is 55.0 Å². The van der Waals surface area contributed by atoms with E-state index >= 15 is 0 Å². The zero-order chi connectivity index (χ0) is 23.6. The van der Waals surface area contributed by atoms with Crippen LogP contribution in [-0.2, 0) is 6.18 Å². The largest absolute Gasteiger partial charge is 0.472 e. The van der Waals surface area contributed by atoms with Gasteiger partial charge in [-0.15, -0.1) is 0 Å². The standard InChI is InChI=1S/C23H20F4N4O2/c1-14-18(33-19-9-8-15(13-30-19)23(25,26)27)7-3-12-31(14)22(32)16-5-2-6-17(24)20(16)21-28-10-4-11-29-21/h2,4-6,8-11,13-14,18H,3,7,12H2,1H3. The van der Waals surface area contributed by atoms with Crippen LogP contribution in [0.1, 0.15) is 35.7 Å². The lowest BCUT2D eigenvalue weighted by Gasteiger charge is -2.39. The molecule has 172 valence electrons. The van der Waals surface area contributed by atoms with Crippen molar-refractivity contribution in [1.82, 2.24) is 19.9 Å². The number of aromatic nitrogens is 3. The lowest BCUT2D eigenvalue weighted by atomic mass is 9.97. The number of hydrogen-bond donors (Lipinski definition) is 0. The van der Waals surface area contributed by atoms with Crippen molar-refractivity contribution in [1.29, 1.82) is 0 Å². The van der Waals surface area contributed by atoms with Crippen molar-refractivity contribution in [2.45, 2.75) is 38.1 Å². The van der Waals surface area contributed by atoms with Crippen LogP contribution < -0.4 is 4.74 Å². The van der Waals surface area contributed by atoms with E-state index in [0.717, 1.165) is 12.1 Å². The second kappa shape index (κ2) is 9.13. The van der Waals surface area contributed by atoms with Crippen molar-refractivity contribution in [2.24, 2.45) is 0 Å².